The van der Waals surface area contributed by atoms with E-state index < -0.39 is 0 Å². The fourth-order valence-corrected chi connectivity index (χ4v) is 9.38. The number of rotatable bonds is 3. The molecule has 1 aliphatic heterocycles. The summed E-state index contributed by atoms with van der Waals surface area (Å²) in [4.78, 5) is 2.66. The van der Waals surface area contributed by atoms with Crippen molar-refractivity contribution in [1.29, 1.82) is 0 Å². The van der Waals surface area contributed by atoms with E-state index in [4.69, 9.17) is 0 Å². The summed E-state index contributed by atoms with van der Waals surface area (Å²) < 4.78 is 2.44. The molecule has 0 aliphatic carbocycles. The van der Waals surface area contributed by atoms with Gasteiger partial charge in [-0.1, -0.05) is 139 Å². The van der Waals surface area contributed by atoms with Gasteiger partial charge >= 0.3 is 0 Å². The first kappa shape index (κ1) is 27.8. The van der Waals surface area contributed by atoms with E-state index in [0.29, 0.717) is 0 Å². The molecular weight excluding hydrogens is 623 g/mol. The van der Waals surface area contributed by atoms with Crippen molar-refractivity contribution < 1.29 is 0 Å². The Kier molecular flexibility index (Phi) is 5.96. The fourth-order valence-electron chi connectivity index (χ4n) is 8.25. The number of fused-ring (bicyclic) bond motifs is 9. The van der Waals surface area contributed by atoms with Crippen molar-refractivity contribution in [3.8, 4) is 39.1 Å². The third kappa shape index (κ3) is 4.09. The minimum atomic E-state index is 1.16. The van der Waals surface area contributed by atoms with Gasteiger partial charge in [-0.25, -0.2) is 0 Å². The van der Waals surface area contributed by atoms with E-state index in [9.17, 15) is 0 Å². The Morgan fingerprint density at radius 1 is 0.340 bits per heavy atom. The lowest BCUT2D eigenvalue weighted by atomic mass is 9.93. The molecule has 0 spiro atoms. The van der Waals surface area contributed by atoms with Crippen molar-refractivity contribution in [1.82, 2.24) is 4.57 Å². The molecule has 50 heavy (non-hydrogen) atoms. The highest BCUT2D eigenvalue weighted by Gasteiger charge is 2.20. The molecule has 0 fully saturated rings. The van der Waals surface area contributed by atoms with Crippen LogP contribution in [0.5, 0.6) is 0 Å². The summed E-state index contributed by atoms with van der Waals surface area (Å²) in [5, 5.41) is 10.4. The Morgan fingerprint density at radius 3 is 1.64 bits per heavy atom. The molecule has 0 radical (unpaired) electrons. The van der Waals surface area contributed by atoms with Crippen molar-refractivity contribution in [3.05, 3.63) is 176 Å². The van der Waals surface area contributed by atoms with Crippen LogP contribution in [0.3, 0.4) is 0 Å². The molecule has 0 unspecified atom stereocenters. The molecule has 0 amide bonds. The molecule has 0 saturated carbocycles. The minimum Gasteiger partial charge on any atom is -0.309 e. The molecule has 2 heterocycles. The van der Waals surface area contributed by atoms with Crippen LogP contribution < -0.4 is 0 Å². The lowest BCUT2D eigenvalue weighted by Gasteiger charge is -2.21. The van der Waals surface area contributed by atoms with Gasteiger partial charge in [0.25, 0.3) is 0 Å². The Labute approximate surface area is 294 Å². The van der Waals surface area contributed by atoms with Gasteiger partial charge in [-0.15, -0.1) is 0 Å². The molecule has 2 heteroatoms. The molecule has 0 atom stereocenters. The lowest BCUT2D eigenvalue weighted by molar-refractivity contribution is 1.18. The van der Waals surface area contributed by atoms with Crippen molar-refractivity contribution >= 4 is 65.9 Å². The molecular formula is C48H29NS. The third-order valence-electron chi connectivity index (χ3n) is 10.6. The highest BCUT2D eigenvalue weighted by Crippen LogP contribution is 2.49. The molecule has 232 valence electrons. The highest BCUT2D eigenvalue weighted by atomic mass is 32.2. The summed E-state index contributed by atoms with van der Waals surface area (Å²) in [6.07, 6.45) is 0. The van der Waals surface area contributed by atoms with Gasteiger partial charge in [0.2, 0.25) is 0 Å². The van der Waals surface area contributed by atoms with E-state index in [2.05, 4.69) is 180 Å². The first-order chi connectivity index (χ1) is 24.8. The molecule has 10 aromatic rings. The summed E-state index contributed by atoms with van der Waals surface area (Å²) in [6.45, 7) is 0. The second-order valence-corrected chi connectivity index (χ2v) is 14.4. The van der Waals surface area contributed by atoms with E-state index >= 15 is 0 Å². The average molecular weight is 652 g/mol. The number of hydrogen-bond donors (Lipinski definition) is 0. The van der Waals surface area contributed by atoms with Crippen LogP contribution in [0.15, 0.2) is 186 Å². The standard InChI is InChI=1S/C48H29NS/c1-3-14-38-31(8-1)20-25-42-47(38)48-39-15-4-2-9-32(39)21-26-43(48)49(42)37-23-18-30(19-24-37)34-12-5-13-35(28-34)36-22-27-44-41(29-36)40-16-6-10-33-11-7-17-45(50-44)46(33)40/h1-29H. The Hall–Kier alpha value is -6.09. The van der Waals surface area contributed by atoms with Crippen molar-refractivity contribution in [3.63, 3.8) is 0 Å². The lowest BCUT2D eigenvalue weighted by Crippen LogP contribution is -1.94. The summed E-state index contributed by atoms with van der Waals surface area (Å²) in [6, 6.07) is 65.0. The van der Waals surface area contributed by atoms with E-state index in [1.165, 1.54) is 97.3 Å². The molecule has 11 rings (SSSR count). The molecule has 0 bridgehead atoms. The van der Waals surface area contributed by atoms with E-state index in [0.717, 1.165) is 5.69 Å². The van der Waals surface area contributed by atoms with Crippen LogP contribution in [0.2, 0.25) is 0 Å². The molecule has 1 nitrogen and oxygen atoms in total. The van der Waals surface area contributed by atoms with Crippen molar-refractivity contribution in [2.75, 3.05) is 0 Å². The summed E-state index contributed by atoms with van der Waals surface area (Å²) in [5.74, 6) is 0. The zero-order valence-electron chi connectivity index (χ0n) is 27.1. The van der Waals surface area contributed by atoms with E-state index in [-0.39, 0.29) is 0 Å². The van der Waals surface area contributed by atoms with Crippen LogP contribution in [0.25, 0.3) is 93.2 Å². The SMILES string of the molecule is c1cc(-c2ccc(-n3c4ccc5ccccc5c4c4c5ccccc5ccc43)cc2)cc(-c2ccc3c(c2)-c2cccc4cccc(c24)S3)c1. The average Bonchev–Trinajstić information content (AvgIpc) is 3.54. The van der Waals surface area contributed by atoms with Gasteiger partial charge in [-0.05, 0) is 109 Å². The molecule has 0 saturated heterocycles. The zero-order chi connectivity index (χ0) is 32.8. The van der Waals surface area contributed by atoms with Gasteiger partial charge in [0.05, 0.1) is 11.0 Å². The van der Waals surface area contributed by atoms with Gasteiger partial charge in [0, 0.05) is 31.6 Å². The number of hydrogen-bond acceptors (Lipinski definition) is 1. The normalized spacial score (nSPS) is 12.3. The van der Waals surface area contributed by atoms with Gasteiger partial charge < -0.3 is 4.57 Å². The van der Waals surface area contributed by atoms with Crippen LogP contribution >= 0.6 is 11.8 Å². The van der Waals surface area contributed by atoms with Crippen LogP contribution in [0, 0.1) is 0 Å². The van der Waals surface area contributed by atoms with Crippen LogP contribution in [0.1, 0.15) is 0 Å². The predicted octanol–water partition coefficient (Wildman–Crippen LogP) is 13.7. The Morgan fingerprint density at radius 2 is 0.920 bits per heavy atom. The fraction of sp³-hybridized carbons (Fsp3) is 0. The summed E-state index contributed by atoms with van der Waals surface area (Å²) in [7, 11) is 0. The maximum Gasteiger partial charge on any atom is 0.0547 e. The van der Waals surface area contributed by atoms with Gasteiger partial charge in [-0.3, -0.25) is 0 Å². The monoisotopic (exact) mass is 651 g/mol. The molecule has 9 aromatic carbocycles. The molecule has 0 N–H and O–H groups in total. The summed E-state index contributed by atoms with van der Waals surface area (Å²) in [5.41, 5.74) is 11.2. The number of benzene rings is 9. The number of nitrogens with zero attached hydrogens (tertiary/aromatic N) is 1. The Balaban J connectivity index is 1.02. The second-order valence-electron chi connectivity index (χ2n) is 13.3. The van der Waals surface area contributed by atoms with Crippen molar-refractivity contribution in [2.24, 2.45) is 0 Å². The topological polar surface area (TPSA) is 4.93 Å². The van der Waals surface area contributed by atoms with Crippen LogP contribution in [-0.2, 0) is 0 Å². The van der Waals surface area contributed by atoms with Crippen LogP contribution in [0.4, 0.5) is 0 Å². The first-order valence-corrected chi connectivity index (χ1v) is 18.0. The molecule has 1 aliphatic rings. The van der Waals surface area contributed by atoms with E-state index in [1.807, 2.05) is 11.8 Å². The number of aromatic nitrogens is 1. The smallest absolute Gasteiger partial charge is 0.0547 e. The van der Waals surface area contributed by atoms with Crippen molar-refractivity contribution in [2.45, 2.75) is 9.79 Å². The van der Waals surface area contributed by atoms with Crippen LogP contribution in [-0.4, -0.2) is 4.57 Å². The molecule has 1 aromatic heterocycles. The maximum atomic E-state index is 2.44. The van der Waals surface area contributed by atoms with E-state index in [1.54, 1.807) is 0 Å². The Bertz CT molecular complexity index is 2900. The van der Waals surface area contributed by atoms with Gasteiger partial charge in [0.15, 0.2) is 0 Å². The van der Waals surface area contributed by atoms with Gasteiger partial charge in [0.1, 0.15) is 0 Å². The van der Waals surface area contributed by atoms with Gasteiger partial charge in [-0.2, -0.15) is 0 Å². The summed E-state index contributed by atoms with van der Waals surface area (Å²) >= 11 is 1.88. The second kappa shape index (κ2) is 10.7. The highest BCUT2D eigenvalue weighted by molar-refractivity contribution is 7.99. The predicted molar refractivity (Wildman–Crippen MR) is 214 cm³/mol. The first-order valence-electron chi connectivity index (χ1n) is 17.2. The third-order valence-corrected chi connectivity index (χ3v) is 11.7. The minimum absolute atomic E-state index is 1.16. The maximum absolute atomic E-state index is 2.44. The quantitative estimate of drug-likeness (QED) is 0.184. The largest absolute Gasteiger partial charge is 0.309 e. The zero-order valence-corrected chi connectivity index (χ0v) is 27.9.